The highest BCUT2D eigenvalue weighted by Gasteiger charge is 2.19. The molecule has 30 heavy (non-hydrogen) atoms. The third kappa shape index (κ3) is 4.52. The van der Waals surface area contributed by atoms with Gasteiger partial charge in [0.15, 0.2) is 11.5 Å². The smallest absolute Gasteiger partial charge is 0.266 e. The van der Waals surface area contributed by atoms with E-state index in [0.29, 0.717) is 43.4 Å². The highest BCUT2D eigenvalue weighted by atomic mass is 32.2. The predicted molar refractivity (Wildman–Crippen MR) is 111 cm³/mol. The molecule has 1 N–H and O–H groups in total. The van der Waals surface area contributed by atoms with Crippen LogP contribution in [-0.4, -0.2) is 38.0 Å². The SMILES string of the molecule is O=c1ccc(-c2ccccc2)nn1CCCNS(=O)(=O)c1ccc2c(c1)OCCO2. The van der Waals surface area contributed by atoms with Gasteiger partial charge in [0.25, 0.3) is 5.56 Å². The number of hydrogen-bond acceptors (Lipinski definition) is 6. The fourth-order valence-corrected chi connectivity index (χ4v) is 4.17. The van der Waals surface area contributed by atoms with E-state index in [0.717, 1.165) is 5.56 Å². The average molecular weight is 427 g/mol. The first-order valence-corrected chi connectivity index (χ1v) is 11.0. The van der Waals surface area contributed by atoms with Crippen LogP contribution in [0.1, 0.15) is 6.42 Å². The topological polar surface area (TPSA) is 99.5 Å². The van der Waals surface area contributed by atoms with Gasteiger partial charge < -0.3 is 9.47 Å². The normalized spacial score (nSPS) is 13.2. The summed E-state index contributed by atoms with van der Waals surface area (Å²) in [7, 11) is -3.70. The van der Waals surface area contributed by atoms with E-state index < -0.39 is 10.0 Å². The van der Waals surface area contributed by atoms with Gasteiger partial charge in [0.05, 0.1) is 10.6 Å². The summed E-state index contributed by atoms with van der Waals surface area (Å²) in [4.78, 5) is 12.2. The van der Waals surface area contributed by atoms with Crippen molar-refractivity contribution in [3.05, 3.63) is 71.0 Å². The Morgan fingerprint density at radius 1 is 0.967 bits per heavy atom. The van der Waals surface area contributed by atoms with E-state index in [-0.39, 0.29) is 17.0 Å². The second kappa shape index (κ2) is 8.68. The van der Waals surface area contributed by atoms with Crippen LogP contribution in [0.4, 0.5) is 0 Å². The zero-order valence-corrected chi connectivity index (χ0v) is 17.0. The Bertz CT molecular complexity index is 1190. The first-order valence-electron chi connectivity index (χ1n) is 9.56. The van der Waals surface area contributed by atoms with Crippen LogP contribution in [0.15, 0.2) is 70.4 Å². The van der Waals surface area contributed by atoms with Crippen LogP contribution >= 0.6 is 0 Å². The zero-order valence-electron chi connectivity index (χ0n) is 16.2. The van der Waals surface area contributed by atoms with Crippen LogP contribution in [0, 0.1) is 0 Å². The summed E-state index contributed by atoms with van der Waals surface area (Å²) in [5, 5.41) is 4.38. The molecule has 0 unspecified atom stereocenters. The van der Waals surface area contributed by atoms with E-state index in [4.69, 9.17) is 9.47 Å². The average Bonchev–Trinajstić information content (AvgIpc) is 2.78. The minimum absolute atomic E-state index is 0.105. The number of sulfonamides is 1. The molecule has 0 aliphatic carbocycles. The molecule has 2 heterocycles. The number of rotatable bonds is 7. The first-order chi connectivity index (χ1) is 14.5. The maximum Gasteiger partial charge on any atom is 0.266 e. The van der Waals surface area contributed by atoms with Crippen molar-refractivity contribution in [2.24, 2.45) is 0 Å². The van der Waals surface area contributed by atoms with Gasteiger partial charge in [0.1, 0.15) is 13.2 Å². The van der Waals surface area contributed by atoms with E-state index in [9.17, 15) is 13.2 Å². The number of aromatic nitrogens is 2. The van der Waals surface area contributed by atoms with Gasteiger partial charge in [0, 0.05) is 30.8 Å². The Morgan fingerprint density at radius 2 is 1.73 bits per heavy atom. The molecule has 1 aromatic heterocycles. The molecular weight excluding hydrogens is 406 g/mol. The van der Waals surface area contributed by atoms with Crippen LogP contribution in [0.5, 0.6) is 11.5 Å². The number of nitrogens with one attached hydrogen (secondary N) is 1. The van der Waals surface area contributed by atoms with Crippen LogP contribution in [0.2, 0.25) is 0 Å². The first kappa shape index (κ1) is 20.1. The van der Waals surface area contributed by atoms with Gasteiger partial charge in [0.2, 0.25) is 10.0 Å². The highest BCUT2D eigenvalue weighted by molar-refractivity contribution is 7.89. The van der Waals surface area contributed by atoms with E-state index in [1.54, 1.807) is 12.1 Å². The van der Waals surface area contributed by atoms with Crippen molar-refractivity contribution in [3.8, 4) is 22.8 Å². The van der Waals surface area contributed by atoms with Crippen molar-refractivity contribution in [3.63, 3.8) is 0 Å². The zero-order chi connectivity index (χ0) is 21.0. The Morgan fingerprint density at radius 3 is 2.53 bits per heavy atom. The molecule has 4 rings (SSSR count). The lowest BCUT2D eigenvalue weighted by Gasteiger charge is -2.18. The lowest BCUT2D eigenvalue weighted by molar-refractivity contribution is 0.171. The molecular formula is C21H21N3O5S. The monoisotopic (exact) mass is 427 g/mol. The molecule has 0 atom stereocenters. The molecule has 0 saturated heterocycles. The third-order valence-electron chi connectivity index (χ3n) is 4.60. The lowest BCUT2D eigenvalue weighted by atomic mass is 10.1. The fraction of sp³-hybridized carbons (Fsp3) is 0.238. The quantitative estimate of drug-likeness (QED) is 0.580. The van der Waals surface area contributed by atoms with Crippen LogP contribution in [0.3, 0.4) is 0 Å². The minimum atomic E-state index is -3.70. The van der Waals surface area contributed by atoms with Crippen molar-refractivity contribution < 1.29 is 17.9 Å². The number of aryl methyl sites for hydroxylation is 1. The molecule has 9 heteroatoms. The number of fused-ring (bicyclic) bond motifs is 1. The number of ether oxygens (including phenoxy) is 2. The summed E-state index contributed by atoms with van der Waals surface area (Å²) < 4.78 is 39.8. The molecule has 8 nitrogen and oxygen atoms in total. The Balaban J connectivity index is 1.38. The van der Waals surface area contributed by atoms with Crippen LogP contribution in [-0.2, 0) is 16.6 Å². The van der Waals surface area contributed by atoms with Crippen molar-refractivity contribution in [2.75, 3.05) is 19.8 Å². The van der Waals surface area contributed by atoms with Crippen LogP contribution < -0.4 is 19.8 Å². The standard InChI is InChI=1S/C21H21N3O5S/c25-21-10-8-18(16-5-2-1-3-6-16)23-24(21)12-4-11-22-30(26,27)17-7-9-19-20(15-17)29-14-13-28-19/h1-3,5-10,15,22H,4,11-14H2. The largest absolute Gasteiger partial charge is 0.486 e. The van der Waals surface area contributed by atoms with Crippen molar-refractivity contribution in [1.29, 1.82) is 0 Å². The molecule has 0 amide bonds. The summed E-state index contributed by atoms with van der Waals surface area (Å²) in [6.45, 7) is 1.29. The second-order valence-electron chi connectivity index (χ2n) is 6.70. The molecule has 0 bridgehead atoms. The molecule has 3 aromatic rings. The summed E-state index contributed by atoms with van der Waals surface area (Å²) >= 11 is 0. The van der Waals surface area contributed by atoms with E-state index in [1.807, 2.05) is 30.3 Å². The van der Waals surface area contributed by atoms with Crippen molar-refractivity contribution >= 4 is 10.0 Å². The number of nitrogens with zero attached hydrogens (tertiary/aromatic N) is 2. The van der Waals surface area contributed by atoms with Gasteiger partial charge in [-0.1, -0.05) is 30.3 Å². The summed E-state index contributed by atoms with van der Waals surface area (Å²) in [6.07, 6.45) is 0.412. The Kier molecular flexibility index (Phi) is 5.82. The van der Waals surface area contributed by atoms with E-state index in [2.05, 4.69) is 9.82 Å². The molecule has 156 valence electrons. The molecule has 0 radical (unpaired) electrons. The molecule has 1 aliphatic rings. The maximum absolute atomic E-state index is 12.5. The Labute approximate surface area is 174 Å². The van der Waals surface area contributed by atoms with Crippen LogP contribution in [0.25, 0.3) is 11.3 Å². The molecule has 0 saturated carbocycles. The third-order valence-corrected chi connectivity index (χ3v) is 6.06. The summed E-state index contributed by atoms with van der Waals surface area (Å²) in [5.41, 5.74) is 1.36. The van der Waals surface area contributed by atoms with Gasteiger partial charge in [-0.05, 0) is 24.6 Å². The predicted octanol–water partition coefficient (Wildman–Crippen LogP) is 2.05. The minimum Gasteiger partial charge on any atom is -0.486 e. The second-order valence-corrected chi connectivity index (χ2v) is 8.47. The Hall–Kier alpha value is -3.17. The number of hydrogen-bond donors (Lipinski definition) is 1. The molecule has 0 fully saturated rings. The summed E-state index contributed by atoms with van der Waals surface area (Å²) in [6, 6.07) is 17.2. The van der Waals surface area contributed by atoms with Crippen molar-refractivity contribution in [1.82, 2.24) is 14.5 Å². The van der Waals surface area contributed by atoms with Gasteiger partial charge in [-0.15, -0.1) is 0 Å². The van der Waals surface area contributed by atoms with Gasteiger partial charge >= 0.3 is 0 Å². The van der Waals surface area contributed by atoms with E-state index in [1.165, 1.54) is 22.9 Å². The van der Waals surface area contributed by atoms with Gasteiger partial charge in [-0.25, -0.2) is 17.8 Å². The molecule has 2 aromatic carbocycles. The van der Waals surface area contributed by atoms with Gasteiger partial charge in [-0.2, -0.15) is 5.10 Å². The molecule has 1 aliphatic heterocycles. The number of benzene rings is 2. The highest BCUT2D eigenvalue weighted by Crippen LogP contribution is 2.32. The maximum atomic E-state index is 12.5. The van der Waals surface area contributed by atoms with Gasteiger partial charge in [-0.3, -0.25) is 4.79 Å². The van der Waals surface area contributed by atoms with E-state index >= 15 is 0 Å². The van der Waals surface area contributed by atoms with Crippen molar-refractivity contribution in [2.45, 2.75) is 17.9 Å². The lowest BCUT2D eigenvalue weighted by Crippen LogP contribution is -2.28. The summed E-state index contributed by atoms with van der Waals surface area (Å²) in [5.74, 6) is 0.946. The molecule has 0 spiro atoms. The fourth-order valence-electron chi connectivity index (χ4n) is 3.08.